The lowest BCUT2D eigenvalue weighted by Crippen LogP contribution is -2.25. The Bertz CT molecular complexity index is 944. The summed E-state index contributed by atoms with van der Waals surface area (Å²) >= 11 is 0. The molecule has 0 fully saturated rings. The molecular weight excluding hydrogens is 359 g/mol. The molecule has 0 saturated heterocycles. The van der Waals surface area contributed by atoms with E-state index in [2.05, 4.69) is 20.6 Å². The van der Waals surface area contributed by atoms with Crippen molar-refractivity contribution in [3.05, 3.63) is 77.2 Å². The number of rotatable bonds is 7. The van der Waals surface area contributed by atoms with Gasteiger partial charge < -0.3 is 22.1 Å². The van der Waals surface area contributed by atoms with Gasteiger partial charge in [0.1, 0.15) is 11.6 Å². The quantitative estimate of drug-likeness (QED) is 0.500. The first-order chi connectivity index (χ1) is 13.5. The lowest BCUT2D eigenvalue weighted by atomic mass is 10.1. The van der Waals surface area contributed by atoms with E-state index in [1.54, 1.807) is 6.20 Å². The minimum absolute atomic E-state index is 0.150. The third-order valence-electron chi connectivity index (χ3n) is 4.16. The number of hydrogen-bond acceptors (Lipinski definition) is 6. The number of carbonyl (C=O) groups is 1. The molecule has 144 valence electrons. The van der Waals surface area contributed by atoms with E-state index in [-0.39, 0.29) is 17.7 Å². The van der Waals surface area contributed by atoms with E-state index in [9.17, 15) is 9.18 Å². The van der Waals surface area contributed by atoms with Crippen molar-refractivity contribution in [3.8, 4) is 0 Å². The van der Waals surface area contributed by atoms with Crippen LogP contribution in [0.4, 0.5) is 21.8 Å². The van der Waals surface area contributed by atoms with E-state index >= 15 is 0 Å². The van der Waals surface area contributed by atoms with Crippen molar-refractivity contribution in [1.82, 2.24) is 15.3 Å². The van der Waals surface area contributed by atoms with E-state index in [0.29, 0.717) is 30.9 Å². The molecule has 0 bridgehead atoms. The molecule has 0 atom stereocenters. The van der Waals surface area contributed by atoms with Gasteiger partial charge in [-0.05, 0) is 48.4 Å². The topological polar surface area (TPSA) is 119 Å². The van der Waals surface area contributed by atoms with Crippen LogP contribution in [0, 0.1) is 5.82 Å². The van der Waals surface area contributed by atoms with Crippen LogP contribution in [0.5, 0.6) is 0 Å². The minimum atomic E-state index is -0.364. The Balaban J connectivity index is 1.46. The molecule has 0 aliphatic carbocycles. The first kappa shape index (κ1) is 19.1. The van der Waals surface area contributed by atoms with Gasteiger partial charge >= 0.3 is 0 Å². The van der Waals surface area contributed by atoms with Gasteiger partial charge in [-0.3, -0.25) is 4.79 Å². The van der Waals surface area contributed by atoms with Gasteiger partial charge in [-0.1, -0.05) is 12.1 Å². The highest BCUT2D eigenvalue weighted by Crippen LogP contribution is 2.14. The molecule has 7 nitrogen and oxygen atoms in total. The van der Waals surface area contributed by atoms with Crippen LogP contribution in [-0.4, -0.2) is 22.4 Å². The standard InChI is InChI=1S/C20H21FN6O/c21-16-5-3-14(4-6-16)19(28)24-10-9-13-1-7-17(8-2-13)25-11-15-12-26-20(23)27-18(15)22/h1-8,12,25H,9-11H2,(H,24,28)(H4,22,23,26,27). The molecule has 0 radical (unpaired) electrons. The molecule has 3 aromatic rings. The van der Waals surface area contributed by atoms with Gasteiger partial charge in [-0.25, -0.2) is 9.37 Å². The summed E-state index contributed by atoms with van der Waals surface area (Å²) in [5.74, 6) is -0.0795. The molecule has 0 saturated carbocycles. The average Bonchev–Trinajstić information content (AvgIpc) is 2.69. The minimum Gasteiger partial charge on any atom is -0.383 e. The fraction of sp³-hybridized carbons (Fsp3) is 0.150. The summed E-state index contributed by atoms with van der Waals surface area (Å²) in [5.41, 5.74) is 14.5. The number of amides is 1. The van der Waals surface area contributed by atoms with Crippen molar-refractivity contribution >= 4 is 23.4 Å². The molecular formula is C20H21FN6O. The molecule has 1 aromatic heterocycles. The monoisotopic (exact) mass is 380 g/mol. The zero-order valence-electron chi connectivity index (χ0n) is 15.2. The highest BCUT2D eigenvalue weighted by molar-refractivity contribution is 5.94. The van der Waals surface area contributed by atoms with Crippen molar-refractivity contribution in [2.75, 3.05) is 23.3 Å². The van der Waals surface area contributed by atoms with Crippen molar-refractivity contribution < 1.29 is 9.18 Å². The largest absolute Gasteiger partial charge is 0.383 e. The maximum absolute atomic E-state index is 12.9. The maximum Gasteiger partial charge on any atom is 0.251 e. The second-order valence-electron chi connectivity index (χ2n) is 6.20. The molecule has 8 heteroatoms. The summed E-state index contributed by atoms with van der Waals surface area (Å²) in [6, 6.07) is 13.3. The van der Waals surface area contributed by atoms with Gasteiger partial charge in [-0.2, -0.15) is 4.98 Å². The predicted molar refractivity (Wildman–Crippen MR) is 107 cm³/mol. The molecule has 0 aliphatic heterocycles. The lowest BCUT2D eigenvalue weighted by molar-refractivity contribution is 0.0954. The van der Waals surface area contributed by atoms with Gasteiger partial charge in [0.15, 0.2) is 0 Å². The van der Waals surface area contributed by atoms with Crippen LogP contribution in [0.25, 0.3) is 0 Å². The Morgan fingerprint density at radius 3 is 2.43 bits per heavy atom. The van der Waals surface area contributed by atoms with E-state index in [1.807, 2.05) is 24.3 Å². The molecule has 0 unspecified atom stereocenters. The molecule has 0 aliphatic rings. The number of anilines is 3. The second kappa shape index (κ2) is 8.81. The first-order valence-corrected chi connectivity index (χ1v) is 8.75. The van der Waals surface area contributed by atoms with Crippen LogP contribution in [0.15, 0.2) is 54.7 Å². The van der Waals surface area contributed by atoms with Crippen molar-refractivity contribution in [1.29, 1.82) is 0 Å². The fourth-order valence-electron chi connectivity index (χ4n) is 2.58. The molecule has 2 aromatic carbocycles. The van der Waals surface area contributed by atoms with Crippen LogP contribution in [0.1, 0.15) is 21.5 Å². The van der Waals surface area contributed by atoms with E-state index < -0.39 is 0 Å². The zero-order valence-corrected chi connectivity index (χ0v) is 15.2. The average molecular weight is 380 g/mol. The molecule has 3 rings (SSSR count). The molecule has 6 N–H and O–H groups in total. The van der Waals surface area contributed by atoms with Crippen LogP contribution in [0.2, 0.25) is 0 Å². The summed E-state index contributed by atoms with van der Waals surface area (Å²) in [6.07, 6.45) is 2.29. The summed E-state index contributed by atoms with van der Waals surface area (Å²) in [7, 11) is 0. The zero-order chi connectivity index (χ0) is 19.9. The van der Waals surface area contributed by atoms with Gasteiger partial charge in [0.2, 0.25) is 5.95 Å². The summed E-state index contributed by atoms with van der Waals surface area (Å²) in [6.45, 7) is 0.974. The maximum atomic E-state index is 12.9. The molecule has 1 heterocycles. The lowest BCUT2D eigenvalue weighted by Gasteiger charge is -2.09. The third-order valence-corrected chi connectivity index (χ3v) is 4.16. The van der Waals surface area contributed by atoms with E-state index in [1.165, 1.54) is 24.3 Å². The van der Waals surface area contributed by atoms with Gasteiger partial charge in [0.25, 0.3) is 5.91 Å². The number of nitrogen functional groups attached to an aromatic ring is 2. The van der Waals surface area contributed by atoms with Crippen LogP contribution in [-0.2, 0) is 13.0 Å². The summed E-state index contributed by atoms with van der Waals surface area (Å²) in [4.78, 5) is 19.9. The molecule has 1 amide bonds. The second-order valence-corrected chi connectivity index (χ2v) is 6.20. The van der Waals surface area contributed by atoms with Crippen molar-refractivity contribution in [2.45, 2.75) is 13.0 Å². The Hall–Kier alpha value is -3.68. The highest BCUT2D eigenvalue weighted by Gasteiger charge is 2.05. The number of benzene rings is 2. The van der Waals surface area contributed by atoms with Crippen LogP contribution < -0.4 is 22.1 Å². The number of hydrogen-bond donors (Lipinski definition) is 4. The van der Waals surface area contributed by atoms with Gasteiger partial charge in [-0.15, -0.1) is 0 Å². The van der Waals surface area contributed by atoms with Gasteiger partial charge in [0, 0.05) is 36.1 Å². The smallest absolute Gasteiger partial charge is 0.251 e. The summed E-state index contributed by atoms with van der Waals surface area (Å²) < 4.78 is 12.9. The fourth-order valence-corrected chi connectivity index (χ4v) is 2.58. The van der Waals surface area contributed by atoms with Crippen molar-refractivity contribution in [2.24, 2.45) is 0 Å². The number of carbonyl (C=O) groups excluding carboxylic acids is 1. The Labute approximate surface area is 162 Å². The SMILES string of the molecule is Nc1ncc(CNc2ccc(CCNC(=O)c3ccc(F)cc3)cc2)c(N)n1. The number of aromatic nitrogens is 2. The Morgan fingerprint density at radius 1 is 1.04 bits per heavy atom. The highest BCUT2D eigenvalue weighted by atomic mass is 19.1. The number of halogens is 1. The van der Waals surface area contributed by atoms with E-state index in [4.69, 9.17) is 11.5 Å². The number of nitrogens with one attached hydrogen (secondary N) is 2. The predicted octanol–water partition coefficient (Wildman–Crippen LogP) is 2.36. The first-order valence-electron chi connectivity index (χ1n) is 8.75. The number of nitrogens with zero attached hydrogens (tertiary/aromatic N) is 2. The van der Waals surface area contributed by atoms with Crippen LogP contribution in [0.3, 0.4) is 0 Å². The van der Waals surface area contributed by atoms with Crippen LogP contribution >= 0.6 is 0 Å². The normalized spacial score (nSPS) is 10.5. The number of nitrogens with two attached hydrogens (primary N) is 2. The Kier molecular flexibility index (Phi) is 6.01. The van der Waals surface area contributed by atoms with E-state index in [0.717, 1.165) is 16.8 Å². The molecule has 0 spiro atoms. The summed E-state index contributed by atoms with van der Waals surface area (Å²) in [5, 5.41) is 6.07. The Morgan fingerprint density at radius 2 is 1.75 bits per heavy atom. The van der Waals surface area contributed by atoms with Crippen molar-refractivity contribution in [3.63, 3.8) is 0 Å². The molecule has 28 heavy (non-hydrogen) atoms. The third kappa shape index (κ3) is 5.16. The van der Waals surface area contributed by atoms with Gasteiger partial charge in [0.05, 0.1) is 0 Å².